The van der Waals surface area contributed by atoms with Crippen LogP contribution in [0, 0.1) is 11.7 Å². The number of nitrogens with zero attached hydrogens (tertiary/aromatic N) is 2. The van der Waals surface area contributed by atoms with Gasteiger partial charge in [-0.25, -0.2) is 14.1 Å². The molecule has 2 heterocycles. The van der Waals surface area contributed by atoms with Crippen molar-refractivity contribution in [3.8, 4) is 0 Å². The molecule has 0 aliphatic carbocycles. The smallest absolute Gasteiger partial charge is 0.335 e. The number of halogens is 1. The number of quaternary nitrogens is 2. The van der Waals surface area contributed by atoms with E-state index in [-0.39, 0.29) is 5.69 Å². The van der Waals surface area contributed by atoms with E-state index in [1.165, 1.54) is 29.3 Å². The molecule has 3 rings (SSSR count). The zero-order chi connectivity index (χ0) is 18.5. The number of hydrogen-bond donors (Lipinski definition) is 3. The van der Waals surface area contributed by atoms with Crippen molar-refractivity contribution in [1.82, 2.24) is 5.32 Å². The number of nitrogens with one attached hydrogen (secondary N) is 2. The summed E-state index contributed by atoms with van der Waals surface area (Å²) in [6.07, 6.45) is 1.26. The van der Waals surface area contributed by atoms with Gasteiger partial charge in [-0.15, -0.1) is 0 Å². The predicted octanol–water partition coefficient (Wildman–Crippen LogP) is -2.44. The zero-order valence-corrected chi connectivity index (χ0v) is 14.3. The summed E-state index contributed by atoms with van der Waals surface area (Å²) in [5.74, 6) is -3.49. The van der Waals surface area contributed by atoms with E-state index < -0.39 is 29.6 Å². The lowest BCUT2D eigenvalue weighted by Gasteiger charge is -2.28. The molecule has 0 saturated carbocycles. The molecule has 138 valence electrons. The number of hydrogen-bond acceptors (Lipinski definition) is 4. The first-order valence-electron chi connectivity index (χ1n) is 8.66. The third-order valence-electron chi connectivity index (χ3n) is 4.55. The average Bonchev–Trinajstić information content (AvgIpc) is 2.63. The molecule has 4 amide bonds. The first-order valence-corrected chi connectivity index (χ1v) is 8.66. The van der Waals surface area contributed by atoms with Crippen LogP contribution >= 0.6 is 0 Å². The van der Waals surface area contributed by atoms with Crippen LogP contribution in [0.25, 0.3) is 0 Å². The number of aliphatic imine (C=N–C) groups is 1. The minimum Gasteiger partial charge on any atom is -0.337 e. The number of amides is 4. The molecule has 0 bridgehead atoms. The molecule has 26 heavy (non-hydrogen) atoms. The van der Waals surface area contributed by atoms with Gasteiger partial charge in [-0.1, -0.05) is 12.1 Å². The zero-order valence-electron chi connectivity index (χ0n) is 14.3. The number of anilines is 1. The highest BCUT2D eigenvalue weighted by molar-refractivity contribution is 6.32. The standard InChI is InChI=1S/C17H20FN5O3/c18-13-3-1-2-4-14(13)23-16(25)12(15(24)21-17(23)26)11-20-7-10-22-8-5-19-6-9-22/h1-4,11-12,19H,5-10H2,(H,21,24,26)/p+2/t12-/m1/s1. The van der Waals surface area contributed by atoms with E-state index in [2.05, 4.69) is 15.6 Å². The first kappa shape index (κ1) is 18.2. The van der Waals surface area contributed by atoms with Crippen molar-refractivity contribution in [3.63, 3.8) is 0 Å². The number of urea groups is 1. The maximum atomic E-state index is 14.0. The van der Waals surface area contributed by atoms with Crippen molar-refractivity contribution in [2.24, 2.45) is 10.9 Å². The second kappa shape index (κ2) is 8.15. The van der Waals surface area contributed by atoms with Crippen LogP contribution in [-0.2, 0) is 9.59 Å². The Hall–Kier alpha value is -2.65. The van der Waals surface area contributed by atoms with Crippen LogP contribution in [0.4, 0.5) is 14.9 Å². The van der Waals surface area contributed by atoms with Crippen molar-refractivity contribution in [2.45, 2.75) is 0 Å². The molecule has 2 aliphatic heterocycles. The molecule has 2 saturated heterocycles. The van der Waals surface area contributed by atoms with Gasteiger partial charge in [-0.3, -0.25) is 19.9 Å². The Morgan fingerprint density at radius 2 is 2.00 bits per heavy atom. The van der Waals surface area contributed by atoms with Gasteiger partial charge in [0.15, 0.2) is 5.92 Å². The molecule has 2 fully saturated rings. The third kappa shape index (κ3) is 3.94. The number of carbonyl (C=O) groups is 3. The summed E-state index contributed by atoms with van der Waals surface area (Å²) in [5.41, 5.74) is -0.185. The molecule has 1 aromatic carbocycles. The van der Waals surface area contributed by atoms with Crippen LogP contribution in [0.15, 0.2) is 29.3 Å². The lowest BCUT2D eigenvalue weighted by Crippen LogP contribution is -3.20. The summed E-state index contributed by atoms with van der Waals surface area (Å²) in [4.78, 5) is 42.9. The Bertz CT molecular complexity index is 733. The fourth-order valence-corrected chi connectivity index (χ4v) is 3.12. The summed E-state index contributed by atoms with van der Waals surface area (Å²) < 4.78 is 14.0. The molecular formula is C17H22FN5O3+2. The van der Waals surface area contributed by atoms with E-state index in [9.17, 15) is 18.8 Å². The van der Waals surface area contributed by atoms with Crippen molar-refractivity contribution < 1.29 is 29.0 Å². The van der Waals surface area contributed by atoms with Crippen molar-refractivity contribution in [2.75, 3.05) is 44.2 Å². The number of carbonyl (C=O) groups excluding carboxylic acids is 3. The minimum absolute atomic E-state index is 0.185. The van der Waals surface area contributed by atoms with Gasteiger partial charge in [0, 0.05) is 6.21 Å². The molecule has 4 N–H and O–H groups in total. The fraction of sp³-hybridized carbons (Fsp3) is 0.412. The van der Waals surface area contributed by atoms with E-state index in [1.54, 1.807) is 0 Å². The molecule has 1 atom stereocenters. The monoisotopic (exact) mass is 363 g/mol. The van der Waals surface area contributed by atoms with Crippen LogP contribution in [0.5, 0.6) is 0 Å². The average molecular weight is 363 g/mol. The molecular weight excluding hydrogens is 341 g/mol. The van der Waals surface area contributed by atoms with Crippen molar-refractivity contribution in [1.29, 1.82) is 0 Å². The van der Waals surface area contributed by atoms with E-state index in [1.807, 2.05) is 0 Å². The number of barbiturate groups is 1. The number of nitrogens with two attached hydrogens (primary N) is 1. The fourth-order valence-electron chi connectivity index (χ4n) is 3.12. The van der Waals surface area contributed by atoms with Gasteiger partial charge < -0.3 is 10.2 Å². The molecule has 0 spiro atoms. The van der Waals surface area contributed by atoms with Crippen molar-refractivity contribution in [3.05, 3.63) is 30.1 Å². The summed E-state index contributed by atoms with van der Waals surface area (Å²) in [7, 11) is 0. The molecule has 1 aromatic rings. The molecule has 9 heteroatoms. The maximum Gasteiger partial charge on any atom is 0.335 e. The van der Waals surface area contributed by atoms with Gasteiger partial charge in [-0.2, -0.15) is 0 Å². The Kier molecular flexibility index (Phi) is 5.69. The largest absolute Gasteiger partial charge is 0.337 e. The Morgan fingerprint density at radius 3 is 2.73 bits per heavy atom. The summed E-state index contributed by atoms with van der Waals surface area (Å²) in [5, 5.41) is 4.36. The lowest BCUT2D eigenvalue weighted by molar-refractivity contribution is -0.945. The number of rotatable bonds is 5. The Labute approximate surface area is 150 Å². The van der Waals surface area contributed by atoms with Gasteiger partial charge in [0.1, 0.15) is 32.0 Å². The van der Waals surface area contributed by atoms with Gasteiger partial charge in [-0.05, 0) is 12.1 Å². The highest BCUT2D eigenvalue weighted by Gasteiger charge is 2.41. The third-order valence-corrected chi connectivity index (χ3v) is 4.55. The molecule has 0 aromatic heterocycles. The van der Waals surface area contributed by atoms with E-state index in [4.69, 9.17) is 0 Å². The van der Waals surface area contributed by atoms with Gasteiger partial charge in [0.2, 0.25) is 5.91 Å². The highest BCUT2D eigenvalue weighted by atomic mass is 19.1. The topological polar surface area (TPSA) is 99.9 Å². The number of piperazine rings is 1. The SMILES string of the molecule is O=C1NC(=O)N(c2ccccc2F)C(=O)[C@@H]1C=NCC[NH+]1CC[NH2+]CC1. The van der Waals surface area contributed by atoms with E-state index in [0.29, 0.717) is 11.4 Å². The predicted molar refractivity (Wildman–Crippen MR) is 91.5 cm³/mol. The quantitative estimate of drug-likeness (QED) is 0.400. The minimum atomic E-state index is -1.24. The normalized spacial score (nSPS) is 22.1. The van der Waals surface area contributed by atoms with Gasteiger partial charge in [0.25, 0.3) is 5.91 Å². The number of para-hydroxylation sites is 1. The van der Waals surface area contributed by atoms with E-state index in [0.717, 1.165) is 38.8 Å². The summed E-state index contributed by atoms with van der Waals surface area (Å²) in [6, 6.07) is 4.47. The molecule has 0 radical (unpaired) electrons. The highest BCUT2D eigenvalue weighted by Crippen LogP contribution is 2.23. The van der Waals surface area contributed by atoms with Crippen LogP contribution in [0.1, 0.15) is 0 Å². The lowest BCUT2D eigenvalue weighted by atomic mass is 10.1. The Balaban J connectivity index is 1.67. The summed E-state index contributed by atoms with van der Waals surface area (Å²) >= 11 is 0. The second-order valence-electron chi connectivity index (χ2n) is 6.32. The maximum absolute atomic E-state index is 14.0. The molecule has 2 aliphatic rings. The van der Waals surface area contributed by atoms with Crippen molar-refractivity contribution >= 4 is 29.7 Å². The number of benzene rings is 1. The van der Waals surface area contributed by atoms with Gasteiger partial charge in [0.05, 0.1) is 18.8 Å². The van der Waals surface area contributed by atoms with Crippen LogP contribution < -0.4 is 20.4 Å². The van der Waals surface area contributed by atoms with Crippen LogP contribution in [0.2, 0.25) is 0 Å². The van der Waals surface area contributed by atoms with Crippen LogP contribution in [-0.4, -0.2) is 63.3 Å². The molecule has 0 unspecified atom stereocenters. The number of imide groups is 2. The summed E-state index contributed by atoms with van der Waals surface area (Å²) in [6.45, 7) is 5.61. The first-order chi connectivity index (χ1) is 12.6. The van der Waals surface area contributed by atoms with Crippen LogP contribution in [0.3, 0.4) is 0 Å². The molecule has 8 nitrogen and oxygen atoms in total. The van der Waals surface area contributed by atoms with E-state index >= 15 is 0 Å². The Morgan fingerprint density at radius 1 is 1.27 bits per heavy atom. The second-order valence-corrected chi connectivity index (χ2v) is 6.32. The van der Waals surface area contributed by atoms with Gasteiger partial charge >= 0.3 is 6.03 Å².